The first-order chi connectivity index (χ1) is 11.8. The fraction of sp³-hybridized carbons (Fsp3) is 0.421. The number of nitrogens with zero attached hydrogens (tertiary/aromatic N) is 2. The van der Waals surface area contributed by atoms with Gasteiger partial charge in [0, 0.05) is 17.6 Å². The van der Waals surface area contributed by atoms with E-state index >= 15 is 0 Å². The first-order valence-electron chi connectivity index (χ1n) is 8.50. The Morgan fingerprint density at radius 2 is 2.20 bits per heavy atom. The van der Waals surface area contributed by atoms with Crippen LogP contribution >= 0.6 is 11.3 Å². The molecule has 3 rings (SSSR count). The highest BCUT2D eigenvalue weighted by molar-refractivity contribution is 7.14. The first kappa shape index (κ1) is 17.6. The molecule has 0 fully saturated rings. The van der Waals surface area contributed by atoms with Gasteiger partial charge >= 0.3 is 0 Å². The Labute approximate surface area is 152 Å². The van der Waals surface area contributed by atoms with Crippen LogP contribution in [-0.2, 0) is 11.2 Å². The Morgan fingerprint density at radius 3 is 2.92 bits per heavy atom. The maximum atomic E-state index is 13.2. The van der Waals surface area contributed by atoms with Gasteiger partial charge < -0.3 is 10.2 Å². The van der Waals surface area contributed by atoms with Crippen LogP contribution in [0.2, 0.25) is 0 Å². The molecule has 0 saturated carbocycles. The van der Waals surface area contributed by atoms with Crippen molar-refractivity contribution >= 4 is 34.5 Å². The lowest BCUT2D eigenvalue weighted by Gasteiger charge is -2.27. The van der Waals surface area contributed by atoms with Crippen LogP contribution in [0.15, 0.2) is 24.5 Å². The van der Waals surface area contributed by atoms with Crippen LogP contribution in [0.3, 0.4) is 0 Å². The van der Waals surface area contributed by atoms with Crippen molar-refractivity contribution in [1.82, 2.24) is 4.98 Å². The van der Waals surface area contributed by atoms with Crippen molar-refractivity contribution in [1.29, 1.82) is 0 Å². The van der Waals surface area contributed by atoms with Crippen molar-refractivity contribution in [3.8, 4) is 0 Å². The topological polar surface area (TPSA) is 62.3 Å². The minimum atomic E-state index is -0.687. The predicted molar refractivity (Wildman–Crippen MR) is 101 cm³/mol. The number of thiophene rings is 1. The number of aromatic nitrogens is 1. The van der Waals surface area contributed by atoms with Crippen molar-refractivity contribution in [2.24, 2.45) is 5.41 Å². The number of rotatable bonds is 3. The van der Waals surface area contributed by atoms with E-state index in [-0.39, 0.29) is 11.8 Å². The molecule has 0 atom stereocenters. The molecule has 0 aromatic carbocycles. The maximum absolute atomic E-state index is 13.2. The molecule has 2 aromatic heterocycles. The minimum absolute atomic E-state index is 0.0747. The summed E-state index contributed by atoms with van der Waals surface area (Å²) in [5, 5.41) is 2.92. The van der Waals surface area contributed by atoms with E-state index in [2.05, 4.69) is 24.1 Å². The minimum Gasteiger partial charge on any atom is -0.324 e. The van der Waals surface area contributed by atoms with Gasteiger partial charge in [-0.1, -0.05) is 13.3 Å². The molecule has 132 valence electrons. The summed E-state index contributed by atoms with van der Waals surface area (Å²) in [6.07, 6.45) is 5.28. The number of aryl methyl sites for hydroxylation is 2. The number of fused-ring (bicyclic) bond motifs is 1. The molecule has 0 saturated heterocycles. The van der Waals surface area contributed by atoms with Gasteiger partial charge in [0.05, 0.1) is 27.9 Å². The molecule has 5 nitrogen and oxygen atoms in total. The van der Waals surface area contributed by atoms with Gasteiger partial charge in [-0.2, -0.15) is 0 Å². The van der Waals surface area contributed by atoms with E-state index in [1.807, 2.05) is 19.9 Å². The molecular weight excluding hydrogens is 334 g/mol. The first-order valence-corrected chi connectivity index (χ1v) is 9.32. The summed E-state index contributed by atoms with van der Waals surface area (Å²) in [5.74, 6) is -0.168. The largest absolute Gasteiger partial charge is 0.324 e. The van der Waals surface area contributed by atoms with Gasteiger partial charge in [0.2, 0.25) is 5.91 Å². The summed E-state index contributed by atoms with van der Waals surface area (Å²) in [4.78, 5) is 33.4. The lowest BCUT2D eigenvalue weighted by Crippen LogP contribution is -2.42. The Balaban J connectivity index is 2.03. The number of carbonyl (C=O) groups excluding carboxylic acids is 2. The monoisotopic (exact) mass is 357 g/mol. The average Bonchev–Trinajstić information content (AvgIpc) is 2.89. The number of carbonyl (C=O) groups is 2. The summed E-state index contributed by atoms with van der Waals surface area (Å²) in [6.45, 7) is 8.21. The third-order valence-corrected chi connectivity index (χ3v) is 5.58. The summed E-state index contributed by atoms with van der Waals surface area (Å²) in [7, 11) is 0. The number of anilines is 2. The molecule has 1 aliphatic rings. The average molecular weight is 357 g/mol. The third kappa shape index (κ3) is 3.31. The fourth-order valence-corrected chi connectivity index (χ4v) is 4.03. The van der Waals surface area contributed by atoms with Crippen LogP contribution in [0, 0.1) is 12.3 Å². The highest BCUT2D eigenvalue weighted by Gasteiger charge is 2.37. The lowest BCUT2D eigenvalue weighted by atomic mass is 9.92. The molecule has 0 spiro atoms. The Hall–Kier alpha value is -2.21. The van der Waals surface area contributed by atoms with Gasteiger partial charge in [-0.15, -0.1) is 11.3 Å². The van der Waals surface area contributed by atoms with Gasteiger partial charge in [-0.05, 0) is 44.9 Å². The molecule has 6 heteroatoms. The molecule has 2 amide bonds. The van der Waals surface area contributed by atoms with E-state index in [0.717, 1.165) is 12.8 Å². The zero-order valence-electron chi connectivity index (χ0n) is 15.0. The predicted octanol–water partition coefficient (Wildman–Crippen LogP) is 4.03. The highest BCUT2D eigenvalue weighted by Crippen LogP contribution is 2.35. The molecule has 25 heavy (non-hydrogen) atoms. The second-order valence-corrected chi connectivity index (χ2v) is 8.32. The molecule has 3 heterocycles. The second-order valence-electron chi connectivity index (χ2n) is 7.06. The Kier molecular flexibility index (Phi) is 4.64. The normalized spacial score (nSPS) is 16.2. The summed E-state index contributed by atoms with van der Waals surface area (Å²) in [5.41, 5.74) is 1.81. The summed E-state index contributed by atoms with van der Waals surface area (Å²) < 4.78 is 0. The Morgan fingerprint density at radius 1 is 1.44 bits per heavy atom. The zero-order valence-corrected chi connectivity index (χ0v) is 15.9. The molecular formula is C19H23N3O2S. The number of hydrogen-bond acceptors (Lipinski definition) is 4. The highest BCUT2D eigenvalue weighted by atomic mass is 32.1. The standard InChI is InChI=1S/C19H23N3O2S/c1-5-6-13-9-16(25-12(13)2)17(23)22-11-19(3,4)18(24)21-14-7-8-20-10-15(14)22/h7-10H,5-6,11H2,1-4H3,(H,21,24). The van der Waals surface area contributed by atoms with Crippen molar-refractivity contribution < 1.29 is 9.59 Å². The summed E-state index contributed by atoms with van der Waals surface area (Å²) >= 11 is 1.52. The maximum Gasteiger partial charge on any atom is 0.268 e. The molecule has 0 unspecified atom stereocenters. The molecule has 1 N–H and O–H groups in total. The van der Waals surface area contributed by atoms with Crippen molar-refractivity contribution in [2.45, 2.75) is 40.5 Å². The van der Waals surface area contributed by atoms with Crippen LogP contribution < -0.4 is 10.2 Å². The molecule has 2 aromatic rings. The van der Waals surface area contributed by atoms with E-state index in [4.69, 9.17) is 0 Å². The molecule has 1 aliphatic heterocycles. The number of amides is 2. The van der Waals surface area contributed by atoms with Gasteiger partial charge in [-0.3, -0.25) is 14.6 Å². The molecule has 0 bridgehead atoms. The SMILES string of the molecule is CCCc1cc(C(=O)N2CC(C)(C)C(=O)Nc3ccncc32)sc1C. The van der Waals surface area contributed by atoms with Crippen molar-refractivity contribution in [2.75, 3.05) is 16.8 Å². The van der Waals surface area contributed by atoms with E-state index in [9.17, 15) is 9.59 Å². The quantitative estimate of drug-likeness (QED) is 0.902. The zero-order chi connectivity index (χ0) is 18.2. The van der Waals surface area contributed by atoms with Gasteiger partial charge in [0.25, 0.3) is 5.91 Å². The van der Waals surface area contributed by atoms with E-state index < -0.39 is 5.41 Å². The molecule has 0 radical (unpaired) electrons. The van der Waals surface area contributed by atoms with Crippen LogP contribution in [0.5, 0.6) is 0 Å². The van der Waals surface area contributed by atoms with Crippen LogP contribution in [0.25, 0.3) is 0 Å². The van der Waals surface area contributed by atoms with Gasteiger partial charge in [0.15, 0.2) is 0 Å². The smallest absolute Gasteiger partial charge is 0.268 e. The van der Waals surface area contributed by atoms with Crippen molar-refractivity contribution in [3.05, 3.63) is 39.8 Å². The third-order valence-electron chi connectivity index (χ3n) is 4.50. The Bertz CT molecular complexity index is 826. The van der Waals surface area contributed by atoms with Crippen LogP contribution in [0.1, 0.15) is 47.3 Å². The number of pyridine rings is 1. The van der Waals surface area contributed by atoms with E-state index in [0.29, 0.717) is 22.8 Å². The van der Waals surface area contributed by atoms with Gasteiger partial charge in [-0.25, -0.2) is 0 Å². The number of nitrogens with one attached hydrogen (secondary N) is 1. The fourth-order valence-electron chi connectivity index (χ4n) is 3.01. The number of hydrogen-bond donors (Lipinski definition) is 1. The van der Waals surface area contributed by atoms with Crippen LogP contribution in [-0.4, -0.2) is 23.3 Å². The van der Waals surface area contributed by atoms with Crippen molar-refractivity contribution in [3.63, 3.8) is 0 Å². The van der Waals surface area contributed by atoms with Crippen LogP contribution in [0.4, 0.5) is 11.4 Å². The summed E-state index contributed by atoms with van der Waals surface area (Å²) in [6, 6.07) is 3.73. The van der Waals surface area contributed by atoms with E-state index in [1.54, 1.807) is 23.4 Å². The lowest BCUT2D eigenvalue weighted by molar-refractivity contribution is -0.123. The van der Waals surface area contributed by atoms with Gasteiger partial charge in [0.1, 0.15) is 0 Å². The van der Waals surface area contributed by atoms with E-state index in [1.165, 1.54) is 21.8 Å². The second kappa shape index (κ2) is 6.59. The molecule has 0 aliphatic carbocycles.